The molecule has 0 fully saturated rings. The van der Waals surface area contributed by atoms with Crippen LogP contribution in [-0.4, -0.2) is 37.4 Å². The zero-order chi connectivity index (χ0) is 27.0. The van der Waals surface area contributed by atoms with Crippen LogP contribution < -0.4 is 10.1 Å². The summed E-state index contributed by atoms with van der Waals surface area (Å²) in [5.74, 6) is -0.690. The Morgan fingerprint density at radius 2 is 1.84 bits per heavy atom. The summed E-state index contributed by atoms with van der Waals surface area (Å²) in [6, 6.07) is 14.1. The number of anilines is 1. The number of halogens is 5. The van der Waals surface area contributed by atoms with Crippen LogP contribution in [0.1, 0.15) is 21.7 Å². The lowest BCUT2D eigenvalue weighted by Gasteiger charge is -2.11. The van der Waals surface area contributed by atoms with Crippen LogP contribution in [0.2, 0.25) is 5.02 Å². The Morgan fingerprint density at radius 3 is 2.53 bits per heavy atom. The van der Waals surface area contributed by atoms with Crippen LogP contribution in [0, 0.1) is 5.82 Å². The molecule has 0 aliphatic heterocycles. The number of benzene rings is 2. The van der Waals surface area contributed by atoms with Gasteiger partial charge in [0.25, 0.3) is 5.91 Å². The minimum Gasteiger partial charge on any atom is -0.497 e. The number of carbonyl (C=O) groups excluding carboxylic acids is 1. The van der Waals surface area contributed by atoms with Gasteiger partial charge >= 0.3 is 6.18 Å². The van der Waals surface area contributed by atoms with Gasteiger partial charge < -0.3 is 10.1 Å². The van der Waals surface area contributed by atoms with Crippen molar-refractivity contribution in [3.05, 3.63) is 94.7 Å². The Bertz CT molecular complexity index is 1630. The highest BCUT2D eigenvalue weighted by molar-refractivity contribution is 6.31. The van der Waals surface area contributed by atoms with Crippen molar-refractivity contribution in [1.82, 2.24) is 24.4 Å². The fraction of sp³-hybridized carbons (Fsp3) is 0.120. The molecule has 194 valence electrons. The number of amides is 1. The Morgan fingerprint density at radius 1 is 1.08 bits per heavy atom. The number of hydrogen-bond acceptors (Lipinski definition) is 5. The standard InChI is InChI=1S/C25H17ClF4N6O2/c1-38-15-7-5-14(6-8-15)19-11-21(25(28,29)30)36-23(31-19)12-20(33-36)24(37)32-22-9-10-35(34-22)13-16-17(26)3-2-4-18(16)27/h2-12H,13H2,1H3,(H,32,34,37). The summed E-state index contributed by atoms with van der Waals surface area (Å²) < 4.78 is 62.7. The van der Waals surface area contributed by atoms with Gasteiger partial charge in [-0.3, -0.25) is 9.48 Å². The van der Waals surface area contributed by atoms with Gasteiger partial charge in [-0.25, -0.2) is 13.9 Å². The summed E-state index contributed by atoms with van der Waals surface area (Å²) in [6.45, 7) is 0.00272. The molecule has 2 aromatic carbocycles. The number of fused-ring (bicyclic) bond motifs is 1. The van der Waals surface area contributed by atoms with Crippen LogP contribution in [-0.2, 0) is 12.7 Å². The summed E-state index contributed by atoms with van der Waals surface area (Å²) in [6.07, 6.45) is -3.28. The fourth-order valence-corrected chi connectivity index (χ4v) is 3.96. The van der Waals surface area contributed by atoms with Gasteiger partial charge in [0.05, 0.1) is 19.3 Å². The molecule has 0 radical (unpaired) electrons. The largest absolute Gasteiger partial charge is 0.497 e. The highest BCUT2D eigenvalue weighted by Crippen LogP contribution is 2.33. The quantitative estimate of drug-likeness (QED) is 0.277. The van der Waals surface area contributed by atoms with Crippen molar-refractivity contribution >= 4 is 29.0 Å². The van der Waals surface area contributed by atoms with Gasteiger partial charge in [0.2, 0.25) is 0 Å². The van der Waals surface area contributed by atoms with E-state index in [1.807, 2.05) is 0 Å². The van der Waals surface area contributed by atoms with Crippen LogP contribution in [0.3, 0.4) is 0 Å². The van der Waals surface area contributed by atoms with Crippen molar-refractivity contribution in [1.29, 1.82) is 0 Å². The highest BCUT2D eigenvalue weighted by Gasteiger charge is 2.35. The third-order valence-corrected chi connectivity index (χ3v) is 5.95. The van der Waals surface area contributed by atoms with Gasteiger partial charge in [-0.15, -0.1) is 0 Å². The van der Waals surface area contributed by atoms with E-state index in [0.29, 0.717) is 15.8 Å². The van der Waals surface area contributed by atoms with E-state index in [1.54, 1.807) is 30.3 Å². The molecular formula is C25H17ClF4N6O2. The van der Waals surface area contributed by atoms with E-state index in [-0.39, 0.29) is 40.0 Å². The predicted molar refractivity (Wildman–Crippen MR) is 131 cm³/mol. The number of nitrogens with one attached hydrogen (secondary N) is 1. The van der Waals surface area contributed by atoms with Crippen molar-refractivity contribution in [3.8, 4) is 17.0 Å². The molecule has 0 saturated carbocycles. The van der Waals surface area contributed by atoms with Crippen molar-refractivity contribution in [2.45, 2.75) is 12.7 Å². The maximum Gasteiger partial charge on any atom is 0.433 e. The number of hydrogen-bond donors (Lipinski definition) is 1. The molecule has 1 N–H and O–H groups in total. The second-order valence-electron chi connectivity index (χ2n) is 8.11. The fourth-order valence-electron chi connectivity index (χ4n) is 3.74. The van der Waals surface area contributed by atoms with E-state index < -0.39 is 23.6 Å². The molecule has 0 aliphatic carbocycles. The van der Waals surface area contributed by atoms with Crippen LogP contribution >= 0.6 is 11.6 Å². The molecule has 38 heavy (non-hydrogen) atoms. The monoisotopic (exact) mass is 544 g/mol. The van der Waals surface area contributed by atoms with E-state index in [1.165, 1.54) is 36.2 Å². The number of methoxy groups -OCH3 is 1. The third-order valence-electron chi connectivity index (χ3n) is 5.60. The molecule has 0 aliphatic rings. The Balaban J connectivity index is 1.42. The number of rotatable bonds is 6. The molecule has 0 unspecified atom stereocenters. The van der Waals surface area contributed by atoms with Gasteiger partial charge in [0, 0.05) is 34.5 Å². The summed E-state index contributed by atoms with van der Waals surface area (Å²) in [5, 5.41) is 10.7. The molecule has 0 bridgehead atoms. The smallest absolute Gasteiger partial charge is 0.433 e. The van der Waals surface area contributed by atoms with E-state index in [4.69, 9.17) is 16.3 Å². The number of aromatic nitrogens is 5. The molecule has 1 amide bonds. The minimum atomic E-state index is -4.77. The van der Waals surface area contributed by atoms with Gasteiger partial charge in [-0.2, -0.15) is 23.4 Å². The molecule has 5 aromatic rings. The molecule has 5 rings (SSSR count). The number of ether oxygens (including phenoxy) is 1. The number of alkyl halides is 3. The first-order valence-electron chi connectivity index (χ1n) is 11.0. The van der Waals surface area contributed by atoms with Crippen molar-refractivity contribution in [2.24, 2.45) is 0 Å². The number of nitrogens with zero attached hydrogens (tertiary/aromatic N) is 5. The van der Waals surface area contributed by atoms with Crippen LogP contribution in [0.5, 0.6) is 5.75 Å². The molecule has 13 heteroatoms. The van der Waals surface area contributed by atoms with Gasteiger partial charge in [0.1, 0.15) is 11.6 Å². The lowest BCUT2D eigenvalue weighted by Crippen LogP contribution is -2.16. The third kappa shape index (κ3) is 5.02. The Labute approximate surface area is 217 Å². The van der Waals surface area contributed by atoms with E-state index in [2.05, 4.69) is 20.5 Å². The lowest BCUT2D eigenvalue weighted by molar-refractivity contribution is -0.142. The van der Waals surface area contributed by atoms with Gasteiger partial charge in [-0.05, 0) is 42.5 Å². The Kier molecular flexibility index (Phi) is 6.49. The summed E-state index contributed by atoms with van der Waals surface area (Å²) in [4.78, 5) is 17.1. The first kappa shape index (κ1) is 25.2. The normalized spacial score (nSPS) is 11.6. The molecule has 0 saturated heterocycles. The zero-order valence-electron chi connectivity index (χ0n) is 19.5. The van der Waals surface area contributed by atoms with E-state index >= 15 is 0 Å². The topological polar surface area (TPSA) is 86.3 Å². The summed E-state index contributed by atoms with van der Waals surface area (Å²) in [7, 11) is 1.48. The first-order valence-corrected chi connectivity index (χ1v) is 11.4. The molecule has 0 spiro atoms. The van der Waals surface area contributed by atoms with Crippen LogP contribution in [0.4, 0.5) is 23.4 Å². The average molecular weight is 545 g/mol. The molecule has 0 atom stereocenters. The highest BCUT2D eigenvalue weighted by atomic mass is 35.5. The predicted octanol–water partition coefficient (Wildman–Crippen LogP) is 5.71. The van der Waals surface area contributed by atoms with Crippen LogP contribution in [0.15, 0.2) is 66.9 Å². The minimum absolute atomic E-state index is 0.00272. The second kappa shape index (κ2) is 9.78. The van der Waals surface area contributed by atoms with Gasteiger partial charge in [-0.1, -0.05) is 17.7 Å². The lowest BCUT2D eigenvalue weighted by atomic mass is 10.1. The first-order chi connectivity index (χ1) is 18.1. The van der Waals surface area contributed by atoms with Crippen LogP contribution in [0.25, 0.3) is 16.9 Å². The molecule has 8 nitrogen and oxygen atoms in total. The van der Waals surface area contributed by atoms with E-state index in [9.17, 15) is 22.4 Å². The molecular weight excluding hydrogens is 528 g/mol. The average Bonchev–Trinajstić information content (AvgIpc) is 3.52. The number of carbonyl (C=O) groups is 1. The van der Waals surface area contributed by atoms with E-state index in [0.717, 1.165) is 12.1 Å². The maximum absolute atomic E-state index is 14.1. The second-order valence-corrected chi connectivity index (χ2v) is 8.51. The maximum atomic E-state index is 14.1. The summed E-state index contributed by atoms with van der Waals surface area (Å²) >= 11 is 6.04. The van der Waals surface area contributed by atoms with Gasteiger partial charge in [0.15, 0.2) is 22.9 Å². The SMILES string of the molecule is COc1ccc(-c2cc(C(F)(F)F)n3nc(C(=O)Nc4ccn(Cc5c(F)cccc5Cl)n4)cc3n2)cc1. The van der Waals surface area contributed by atoms with Crippen molar-refractivity contribution < 1.29 is 27.1 Å². The molecule has 3 aromatic heterocycles. The van der Waals surface area contributed by atoms with Crippen molar-refractivity contribution in [3.63, 3.8) is 0 Å². The molecule has 3 heterocycles. The summed E-state index contributed by atoms with van der Waals surface area (Å²) in [5.41, 5.74) is -0.888. The Hall–Kier alpha value is -4.45. The van der Waals surface area contributed by atoms with Crippen molar-refractivity contribution in [2.75, 3.05) is 12.4 Å². The zero-order valence-corrected chi connectivity index (χ0v) is 20.3.